The monoisotopic (exact) mass is 697 g/mol. The number of rotatable bonds is 9. The molecule has 0 spiro atoms. The lowest BCUT2D eigenvalue weighted by molar-refractivity contribution is -0.130. The number of anilines is 1. The molecule has 7 rings (SSSR count). The predicted molar refractivity (Wildman–Crippen MR) is 195 cm³/mol. The van der Waals surface area contributed by atoms with E-state index in [0.29, 0.717) is 43.2 Å². The maximum atomic E-state index is 13.7. The summed E-state index contributed by atoms with van der Waals surface area (Å²) in [5.74, 6) is -0.0556. The average Bonchev–Trinajstić information content (AvgIpc) is 3.86. The first-order chi connectivity index (χ1) is 23.8. The van der Waals surface area contributed by atoms with E-state index in [1.54, 1.807) is 11.1 Å². The number of halogens is 1. The number of hydrogen-bond donors (Lipinski definition) is 5. The number of nitrogens with zero attached hydrogens (tertiary/aromatic N) is 2. The van der Waals surface area contributed by atoms with Crippen LogP contribution in [0.3, 0.4) is 0 Å². The second-order valence-corrected chi connectivity index (χ2v) is 13.8. The smallest absolute Gasteiger partial charge is 0.254 e. The summed E-state index contributed by atoms with van der Waals surface area (Å²) < 4.78 is 0. The minimum Gasteiger partial charge on any atom is -0.354 e. The number of amides is 4. The number of aromatic nitrogens is 2. The van der Waals surface area contributed by atoms with Crippen molar-refractivity contribution in [1.82, 2.24) is 25.7 Å². The topological polar surface area (TPSA) is 162 Å². The number of likely N-dealkylation sites (tertiary alicyclic amines) is 1. The Morgan fingerprint density at radius 2 is 1.78 bits per heavy atom. The maximum Gasteiger partial charge on any atom is 0.254 e. The van der Waals surface area contributed by atoms with Gasteiger partial charge in [0, 0.05) is 48.0 Å². The van der Waals surface area contributed by atoms with Gasteiger partial charge in [-0.15, -0.1) is 12.4 Å². The fourth-order valence-electron chi connectivity index (χ4n) is 7.74. The molecule has 2 unspecified atom stereocenters. The third-order valence-corrected chi connectivity index (χ3v) is 10.7. The van der Waals surface area contributed by atoms with Crippen molar-refractivity contribution in [3.05, 3.63) is 83.6 Å². The first kappa shape index (κ1) is 35.1. The Morgan fingerprint density at radius 3 is 2.52 bits per heavy atom. The van der Waals surface area contributed by atoms with E-state index in [1.165, 1.54) is 0 Å². The number of hydrogen-bond acceptors (Lipinski definition) is 6. The zero-order valence-electron chi connectivity index (χ0n) is 28.1. The minimum atomic E-state index is -0.776. The van der Waals surface area contributed by atoms with Crippen LogP contribution in [0.4, 0.5) is 5.69 Å². The van der Waals surface area contributed by atoms with Gasteiger partial charge < -0.3 is 26.6 Å². The molecule has 1 aliphatic carbocycles. The number of nitrogens with one attached hydrogen (secondary N) is 4. The summed E-state index contributed by atoms with van der Waals surface area (Å²) in [5.41, 5.74) is 11.7. The highest BCUT2D eigenvalue weighted by atomic mass is 35.5. The zero-order chi connectivity index (χ0) is 34.1. The van der Waals surface area contributed by atoms with Crippen LogP contribution < -0.4 is 21.7 Å². The van der Waals surface area contributed by atoms with Crippen LogP contribution in [-0.4, -0.2) is 70.4 Å². The molecule has 3 heterocycles. The number of H-pyrrole nitrogens is 1. The van der Waals surface area contributed by atoms with Gasteiger partial charge in [0.2, 0.25) is 17.7 Å². The molecule has 12 heteroatoms. The van der Waals surface area contributed by atoms with E-state index < -0.39 is 6.04 Å². The Balaban J connectivity index is 0.00000432. The molecule has 4 aromatic rings. The first-order valence-corrected chi connectivity index (χ1v) is 17.3. The fourth-order valence-corrected chi connectivity index (χ4v) is 7.74. The van der Waals surface area contributed by atoms with Crippen molar-refractivity contribution in [3.63, 3.8) is 0 Å². The number of benzene rings is 3. The summed E-state index contributed by atoms with van der Waals surface area (Å²) in [6.07, 6.45) is 6.25. The fraction of sp³-hybridized carbons (Fsp3) is 0.395. The number of aryl methyl sites for hydroxylation is 1. The number of aromatic amines is 1. The Morgan fingerprint density at radius 1 is 1.00 bits per heavy atom. The van der Waals surface area contributed by atoms with Crippen molar-refractivity contribution in [1.29, 1.82) is 0 Å². The number of carbonyl (C=O) groups is 4. The predicted octanol–water partition coefficient (Wildman–Crippen LogP) is 4.35. The van der Waals surface area contributed by atoms with Gasteiger partial charge in [0.15, 0.2) is 0 Å². The zero-order valence-corrected chi connectivity index (χ0v) is 28.9. The Bertz CT molecular complexity index is 1890. The van der Waals surface area contributed by atoms with E-state index >= 15 is 0 Å². The molecular formula is C38H44ClN7O4. The van der Waals surface area contributed by atoms with Crippen molar-refractivity contribution in [2.45, 2.75) is 57.5 Å². The molecule has 1 saturated carbocycles. The molecule has 3 atom stereocenters. The molecule has 0 radical (unpaired) electrons. The Kier molecular flexibility index (Phi) is 10.5. The number of fused-ring (bicyclic) bond motifs is 2. The maximum absolute atomic E-state index is 13.7. The highest BCUT2D eigenvalue weighted by Gasteiger charge is 2.45. The Labute approximate surface area is 297 Å². The first-order valence-electron chi connectivity index (χ1n) is 17.3. The highest BCUT2D eigenvalue weighted by Crippen LogP contribution is 2.32. The van der Waals surface area contributed by atoms with E-state index in [4.69, 9.17) is 5.73 Å². The van der Waals surface area contributed by atoms with Crippen molar-refractivity contribution in [2.24, 2.45) is 23.5 Å². The number of nitrogens with two attached hydrogens (primary N) is 1. The summed E-state index contributed by atoms with van der Waals surface area (Å²) >= 11 is 0. The summed E-state index contributed by atoms with van der Waals surface area (Å²) in [5, 5.41) is 16.9. The molecule has 0 bridgehead atoms. The van der Waals surface area contributed by atoms with Gasteiger partial charge in [0.25, 0.3) is 5.91 Å². The van der Waals surface area contributed by atoms with Crippen molar-refractivity contribution in [3.8, 4) is 11.1 Å². The number of carbonyl (C=O) groups excluding carboxylic acids is 4. The van der Waals surface area contributed by atoms with Crippen LogP contribution in [0.5, 0.6) is 0 Å². The summed E-state index contributed by atoms with van der Waals surface area (Å²) in [6, 6.07) is 18.0. The SMILES string of the molecule is Cc1cc(C(=O)N2CCC3CNC(=O)C32)ccc1-c1ccc(C[C@H](NC(=O)C2CCC(CN)CC2)C(=O)Nc2ccc3cn[nH]c3c2)cc1.Cl. The standard InChI is InChI=1S/C38H43N7O4.ClH/c1-22-16-27(38(49)45-15-14-29-20-40-37(48)34(29)45)11-13-31(22)25-6-2-23(3-7-25)17-33(43-35(46)26-8-4-24(19-39)5-9-26)36(47)42-30-12-10-28-21-41-44-32(28)18-30;/h2-3,6-7,10-13,16,18,21,24,26,29,33-34H,4-5,8-9,14-15,17,19-20,39H2,1H3,(H,40,48)(H,41,44)(H,42,47)(H,43,46);1H/t24?,26?,29?,33-,34?;/m0./s1. The molecule has 50 heavy (non-hydrogen) atoms. The van der Waals surface area contributed by atoms with Gasteiger partial charge in [0.05, 0.1) is 11.7 Å². The van der Waals surface area contributed by atoms with E-state index in [2.05, 4.69) is 26.1 Å². The summed E-state index contributed by atoms with van der Waals surface area (Å²) in [7, 11) is 0. The van der Waals surface area contributed by atoms with Crippen molar-refractivity contribution >= 4 is 52.6 Å². The molecule has 3 aliphatic rings. The molecule has 3 aromatic carbocycles. The molecule has 262 valence electrons. The third-order valence-electron chi connectivity index (χ3n) is 10.7. The average molecular weight is 698 g/mol. The minimum absolute atomic E-state index is 0. The highest BCUT2D eigenvalue weighted by molar-refractivity contribution is 6.00. The lowest BCUT2D eigenvalue weighted by Gasteiger charge is -2.28. The summed E-state index contributed by atoms with van der Waals surface area (Å²) in [6.45, 7) is 3.85. The van der Waals surface area contributed by atoms with Gasteiger partial charge in [-0.25, -0.2) is 0 Å². The van der Waals surface area contributed by atoms with Gasteiger partial charge in [-0.05, 0) is 104 Å². The van der Waals surface area contributed by atoms with Crippen LogP contribution in [0, 0.1) is 24.7 Å². The van der Waals surface area contributed by atoms with Gasteiger partial charge in [0.1, 0.15) is 12.1 Å². The van der Waals surface area contributed by atoms with Crippen molar-refractivity contribution < 1.29 is 19.2 Å². The van der Waals surface area contributed by atoms with Gasteiger partial charge >= 0.3 is 0 Å². The van der Waals surface area contributed by atoms with E-state index in [9.17, 15) is 19.2 Å². The van der Waals surface area contributed by atoms with Gasteiger partial charge in [-0.1, -0.05) is 30.3 Å². The molecule has 6 N–H and O–H groups in total. The van der Waals surface area contributed by atoms with Crippen LogP contribution in [0.1, 0.15) is 53.6 Å². The van der Waals surface area contributed by atoms with E-state index in [1.807, 2.05) is 67.6 Å². The molecule has 11 nitrogen and oxygen atoms in total. The van der Waals surface area contributed by atoms with E-state index in [-0.39, 0.29) is 53.9 Å². The van der Waals surface area contributed by atoms with Crippen LogP contribution in [0.25, 0.3) is 22.0 Å². The van der Waals surface area contributed by atoms with Crippen LogP contribution in [-0.2, 0) is 20.8 Å². The Hall–Kier alpha value is -4.74. The van der Waals surface area contributed by atoms with E-state index in [0.717, 1.165) is 65.3 Å². The lowest BCUT2D eigenvalue weighted by Crippen LogP contribution is -2.48. The van der Waals surface area contributed by atoms with Crippen molar-refractivity contribution in [2.75, 3.05) is 25.0 Å². The molecule has 2 saturated heterocycles. The largest absolute Gasteiger partial charge is 0.354 e. The normalized spacial score (nSPS) is 22.0. The lowest BCUT2D eigenvalue weighted by atomic mass is 9.81. The van der Waals surface area contributed by atoms with Gasteiger partial charge in [-0.3, -0.25) is 24.3 Å². The molecular weight excluding hydrogens is 654 g/mol. The molecule has 3 fully saturated rings. The molecule has 2 aliphatic heterocycles. The summed E-state index contributed by atoms with van der Waals surface area (Å²) in [4.78, 5) is 54.5. The van der Waals surface area contributed by atoms with Gasteiger partial charge in [-0.2, -0.15) is 5.10 Å². The van der Waals surface area contributed by atoms with Crippen LogP contribution in [0.15, 0.2) is 66.9 Å². The molecule has 1 aromatic heterocycles. The van der Waals surface area contributed by atoms with Crippen LogP contribution in [0.2, 0.25) is 0 Å². The molecule has 4 amide bonds. The second kappa shape index (κ2) is 15.0. The quantitative estimate of drug-likeness (QED) is 0.175. The third kappa shape index (κ3) is 7.25. The second-order valence-electron chi connectivity index (χ2n) is 13.8. The van der Waals surface area contributed by atoms with Crippen LogP contribution >= 0.6 is 12.4 Å².